The number of carbonyl (C=O) groups is 2. The number of aryl methyl sites for hydroxylation is 1. The number of fused-ring (bicyclic) bond motifs is 4. The molecule has 1 aliphatic heterocycles. The number of benzene rings is 1. The maximum Gasteiger partial charge on any atom is 0.408 e. The summed E-state index contributed by atoms with van der Waals surface area (Å²) < 4.78 is 11.1. The zero-order chi connectivity index (χ0) is 30.4. The highest BCUT2D eigenvalue weighted by Gasteiger charge is 2.54. The quantitative estimate of drug-likeness (QED) is 0.248. The van der Waals surface area contributed by atoms with E-state index in [0.29, 0.717) is 23.8 Å². The van der Waals surface area contributed by atoms with E-state index in [9.17, 15) is 14.7 Å². The number of piperidine rings is 1. The van der Waals surface area contributed by atoms with Gasteiger partial charge in [-0.1, -0.05) is 22.0 Å². The van der Waals surface area contributed by atoms with Crippen LogP contribution in [0.4, 0.5) is 4.79 Å². The van der Waals surface area contributed by atoms with Crippen molar-refractivity contribution < 1.29 is 19.4 Å². The van der Waals surface area contributed by atoms with Crippen molar-refractivity contribution in [1.29, 1.82) is 0 Å². The van der Waals surface area contributed by atoms with Crippen LogP contribution in [0.1, 0.15) is 62.4 Å². The Bertz CT molecular complexity index is 1780. The summed E-state index contributed by atoms with van der Waals surface area (Å²) in [5, 5.41) is 16.3. The summed E-state index contributed by atoms with van der Waals surface area (Å²) in [7, 11) is 1.62. The van der Waals surface area contributed by atoms with Gasteiger partial charge in [0.25, 0.3) is 5.91 Å². The van der Waals surface area contributed by atoms with E-state index in [4.69, 9.17) is 9.84 Å². The predicted octanol–water partition coefficient (Wildman–Crippen LogP) is 6.83. The van der Waals surface area contributed by atoms with Crippen LogP contribution in [0.3, 0.4) is 0 Å². The molecule has 1 N–H and O–H groups in total. The van der Waals surface area contributed by atoms with Gasteiger partial charge in [-0.15, -0.1) is 0 Å². The smallest absolute Gasteiger partial charge is 0.408 e. The molecule has 43 heavy (non-hydrogen) atoms. The van der Waals surface area contributed by atoms with Gasteiger partial charge in [0.2, 0.25) is 0 Å². The van der Waals surface area contributed by atoms with Gasteiger partial charge in [0, 0.05) is 45.8 Å². The van der Waals surface area contributed by atoms with Crippen LogP contribution >= 0.6 is 15.9 Å². The highest BCUT2D eigenvalue weighted by atomic mass is 79.9. The molecular weight excluding hydrogens is 610 g/mol. The first-order valence-corrected chi connectivity index (χ1v) is 15.9. The molecule has 4 aromatic rings. The molecule has 1 saturated heterocycles. The second-order valence-electron chi connectivity index (χ2n) is 13.5. The molecule has 4 heterocycles. The SMILES string of the molecule is COc1cc(C(=O)N2CC3CCC2[C@@H]3N(C(=O)O)C(C)(C)C)cn2nc(-c3cc4ccc(Br)cc4n3CC3CC3)c(C)c12. The Kier molecular flexibility index (Phi) is 6.57. The Balaban J connectivity index is 1.28. The monoisotopic (exact) mass is 647 g/mol. The molecule has 10 heteroatoms. The predicted molar refractivity (Wildman–Crippen MR) is 169 cm³/mol. The molecule has 2 saturated carbocycles. The Labute approximate surface area is 259 Å². The number of aromatic nitrogens is 3. The number of hydrogen-bond acceptors (Lipinski definition) is 4. The summed E-state index contributed by atoms with van der Waals surface area (Å²) in [5.74, 6) is 1.29. The Morgan fingerprint density at radius 3 is 2.58 bits per heavy atom. The lowest BCUT2D eigenvalue weighted by molar-refractivity contribution is 0.0503. The molecule has 7 rings (SSSR count). The molecule has 1 aromatic carbocycles. The number of likely N-dealkylation sites (tertiary alicyclic amines) is 1. The normalized spacial score (nSPS) is 21.7. The lowest BCUT2D eigenvalue weighted by Gasteiger charge is -2.40. The van der Waals surface area contributed by atoms with Crippen LogP contribution in [-0.2, 0) is 6.54 Å². The summed E-state index contributed by atoms with van der Waals surface area (Å²) in [6.07, 6.45) is 5.09. The van der Waals surface area contributed by atoms with Crippen LogP contribution in [0.25, 0.3) is 27.8 Å². The van der Waals surface area contributed by atoms with Crippen molar-refractivity contribution in [3.8, 4) is 17.1 Å². The first-order chi connectivity index (χ1) is 20.5. The van der Waals surface area contributed by atoms with Gasteiger partial charge in [-0.25, -0.2) is 9.31 Å². The number of hydrogen-bond donors (Lipinski definition) is 1. The highest BCUT2D eigenvalue weighted by Crippen LogP contribution is 2.44. The van der Waals surface area contributed by atoms with Gasteiger partial charge in [-0.2, -0.15) is 5.10 Å². The second-order valence-corrected chi connectivity index (χ2v) is 14.4. The van der Waals surface area contributed by atoms with Gasteiger partial charge in [0.15, 0.2) is 0 Å². The van der Waals surface area contributed by atoms with Crippen LogP contribution in [0.5, 0.6) is 5.75 Å². The molecule has 226 valence electrons. The molecule has 3 fully saturated rings. The van der Waals surface area contributed by atoms with Gasteiger partial charge >= 0.3 is 6.09 Å². The van der Waals surface area contributed by atoms with Gasteiger partial charge in [0.05, 0.1) is 30.5 Å². The molecule has 3 aromatic heterocycles. The van der Waals surface area contributed by atoms with Gasteiger partial charge < -0.3 is 19.3 Å². The lowest BCUT2D eigenvalue weighted by Crippen LogP contribution is -2.55. The minimum absolute atomic E-state index is 0.112. The number of amides is 2. The van der Waals surface area contributed by atoms with Crippen molar-refractivity contribution in [2.45, 2.75) is 77.5 Å². The fourth-order valence-electron chi connectivity index (χ4n) is 7.59. The molecule has 0 radical (unpaired) electrons. The molecule has 2 unspecified atom stereocenters. The number of methoxy groups -OCH3 is 1. The second kappa shape index (κ2) is 10.0. The van der Waals surface area contributed by atoms with Crippen molar-refractivity contribution in [1.82, 2.24) is 24.0 Å². The lowest BCUT2D eigenvalue weighted by atomic mass is 9.98. The van der Waals surface area contributed by atoms with Crippen LogP contribution in [-0.4, -0.2) is 72.4 Å². The van der Waals surface area contributed by atoms with Crippen LogP contribution in [0, 0.1) is 18.8 Å². The fourth-order valence-corrected chi connectivity index (χ4v) is 7.94. The Hall–Kier alpha value is -3.53. The molecule has 2 bridgehead atoms. The fraction of sp³-hybridized carbons (Fsp3) is 0.485. The Morgan fingerprint density at radius 2 is 1.91 bits per heavy atom. The average Bonchev–Trinajstić information content (AvgIpc) is 3.29. The first-order valence-electron chi connectivity index (χ1n) is 15.2. The number of halogens is 1. The third-order valence-corrected chi connectivity index (χ3v) is 10.2. The number of pyridine rings is 1. The summed E-state index contributed by atoms with van der Waals surface area (Å²) in [6, 6.07) is 10.0. The molecule has 9 nitrogen and oxygen atoms in total. The zero-order valence-corrected chi connectivity index (χ0v) is 26.9. The van der Waals surface area contributed by atoms with E-state index in [1.54, 1.807) is 22.7 Å². The minimum atomic E-state index is -0.933. The summed E-state index contributed by atoms with van der Waals surface area (Å²) >= 11 is 3.65. The first kappa shape index (κ1) is 28.3. The number of ether oxygens (including phenoxy) is 1. The van der Waals surface area contributed by atoms with E-state index in [1.807, 2.05) is 31.7 Å². The summed E-state index contributed by atoms with van der Waals surface area (Å²) in [5.41, 5.74) is 4.89. The van der Waals surface area contributed by atoms with Crippen molar-refractivity contribution in [2.75, 3.05) is 13.7 Å². The number of nitrogens with zero attached hydrogens (tertiary/aromatic N) is 5. The van der Waals surface area contributed by atoms with Crippen molar-refractivity contribution >= 4 is 44.3 Å². The van der Waals surface area contributed by atoms with Crippen LogP contribution in [0.2, 0.25) is 0 Å². The van der Waals surface area contributed by atoms with E-state index in [1.165, 1.54) is 23.7 Å². The van der Waals surface area contributed by atoms with E-state index in [0.717, 1.165) is 46.3 Å². The van der Waals surface area contributed by atoms with Crippen molar-refractivity contribution in [3.63, 3.8) is 0 Å². The van der Waals surface area contributed by atoms with Gasteiger partial charge in [-0.05, 0) is 89.5 Å². The minimum Gasteiger partial charge on any atom is -0.494 e. The molecule has 3 atom stereocenters. The van der Waals surface area contributed by atoms with Crippen molar-refractivity contribution in [3.05, 3.63) is 52.1 Å². The molecule has 3 aliphatic rings. The third-order valence-electron chi connectivity index (χ3n) is 9.67. The van der Waals surface area contributed by atoms with Crippen molar-refractivity contribution in [2.24, 2.45) is 11.8 Å². The molecule has 2 aliphatic carbocycles. The third kappa shape index (κ3) is 4.60. The number of carboxylic acid groups (broad SMARTS) is 1. The molecule has 0 spiro atoms. The Morgan fingerprint density at radius 1 is 1.14 bits per heavy atom. The maximum absolute atomic E-state index is 14.1. The number of carbonyl (C=O) groups excluding carboxylic acids is 1. The standard InChI is InChI=1S/C33H38BrN5O4/c1-18-28(26-12-20-8-10-23(34)14-25(20)36(26)15-19-6-7-19)35-38-17-22(13-27(43-5)29(18)38)31(40)37-16-21-9-11-24(37)30(21)39(32(41)42)33(2,3)4/h8,10,12-14,17,19,21,24,30H,6-7,9,11,15-16H2,1-5H3,(H,41,42)/t21?,24?,30-/m1/s1. The summed E-state index contributed by atoms with van der Waals surface area (Å²) in [4.78, 5) is 29.9. The average molecular weight is 649 g/mol. The van der Waals surface area contributed by atoms with E-state index in [-0.39, 0.29) is 23.9 Å². The topological polar surface area (TPSA) is 92.3 Å². The van der Waals surface area contributed by atoms with E-state index < -0.39 is 11.6 Å². The maximum atomic E-state index is 14.1. The van der Waals surface area contributed by atoms with E-state index >= 15 is 0 Å². The summed E-state index contributed by atoms with van der Waals surface area (Å²) in [6.45, 7) is 9.32. The largest absolute Gasteiger partial charge is 0.494 e. The molecular formula is C33H38BrN5O4. The van der Waals surface area contributed by atoms with E-state index in [2.05, 4.69) is 51.7 Å². The van der Waals surface area contributed by atoms with Gasteiger partial charge in [-0.3, -0.25) is 9.69 Å². The molecule has 2 amide bonds. The van der Waals surface area contributed by atoms with Crippen LogP contribution < -0.4 is 4.74 Å². The van der Waals surface area contributed by atoms with Crippen LogP contribution in [0.15, 0.2) is 41.0 Å². The number of rotatable bonds is 6. The highest BCUT2D eigenvalue weighted by molar-refractivity contribution is 9.10. The zero-order valence-electron chi connectivity index (χ0n) is 25.3. The van der Waals surface area contributed by atoms with Gasteiger partial charge in [0.1, 0.15) is 17.0 Å².